The first-order valence-corrected chi connectivity index (χ1v) is 6.08. The molecule has 1 aromatic rings. The molecule has 0 aromatic heterocycles. The SMILES string of the molecule is COCC(NCc1ccc(C(C)C)cc1)C(=O)O. The molecule has 0 radical (unpaired) electrons. The summed E-state index contributed by atoms with van der Waals surface area (Å²) in [6, 6.07) is 7.53. The lowest BCUT2D eigenvalue weighted by Crippen LogP contribution is -2.39. The number of ether oxygens (including phenoxy) is 1. The molecule has 18 heavy (non-hydrogen) atoms. The lowest BCUT2D eigenvalue weighted by Gasteiger charge is -2.14. The van der Waals surface area contributed by atoms with E-state index in [1.165, 1.54) is 12.7 Å². The number of hydrogen-bond acceptors (Lipinski definition) is 3. The molecule has 0 aliphatic carbocycles. The Morgan fingerprint density at radius 2 is 1.94 bits per heavy atom. The van der Waals surface area contributed by atoms with Crippen molar-refractivity contribution in [3.05, 3.63) is 35.4 Å². The van der Waals surface area contributed by atoms with Crippen LogP contribution in [0, 0.1) is 0 Å². The second-order valence-corrected chi connectivity index (χ2v) is 4.62. The summed E-state index contributed by atoms with van der Waals surface area (Å²) in [7, 11) is 1.50. The molecule has 0 saturated heterocycles. The van der Waals surface area contributed by atoms with E-state index in [2.05, 4.69) is 31.3 Å². The summed E-state index contributed by atoms with van der Waals surface area (Å²) >= 11 is 0. The van der Waals surface area contributed by atoms with Gasteiger partial charge in [-0.25, -0.2) is 0 Å². The van der Waals surface area contributed by atoms with Gasteiger partial charge in [-0.15, -0.1) is 0 Å². The van der Waals surface area contributed by atoms with Crippen molar-refractivity contribution in [2.45, 2.75) is 32.4 Å². The van der Waals surface area contributed by atoms with E-state index >= 15 is 0 Å². The second-order valence-electron chi connectivity index (χ2n) is 4.62. The number of carboxylic acids is 1. The van der Waals surface area contributed by atoms with Gasteiger partial charge >= 0.3 is 5.97 Å². The van der Waals surface area contributed by atoms with Crippen molar-refractivity contribution in [3.8, 4) is 0 Å². The zero-order valence-electron chi connectivity index (χ0n) is 11.1. The zero-order valence-corrected chi connectivity index (χ0v) is 11.1. The maximum atomic E-state index is 10.9. The monoisotopic (exact) mass is 251 g/mol. The number of hydrogen-bond donors (Lipinski definition) is 2. The molecule has 0 fully saturated rings. The van der Waals surface area contributed by atoms with Crippen molar-refractivity contribution in [1.29, 1.82) is 0 Å². The number of carboxylic acid groups (broad SMARTS) is 1. The van der Waals surface area contributed by atoms with Crippen LogP contribution in [0.1, 0.15) is 30.9 Å². The molecule has 0 saturated carbocycles. The first-order valence-electron chi connectivity index (χ1n) is 6.08. The first kappa shape index (κ1) is 14.7. The first-order chi connectivity index (χ1) is 8.54. The summed E-state index contributed by atoms with van der Waals surface area (Å²) in [6.45, 7) is 4.98. The Balaban J connectivity index is 2.54. The number of carbonyl (C=O) groups is 1. The van der Waals surface area contributed by atoms with Gasteiger partial charge in [-0.05, 0) is 17.0 Å². The predicted octanol–water partition coefficient (Wildman–Crippen LogP) is 2.00. The van der Waals surface area contributed by atoms with Crippen molar-refractivity contribution in [2.75, 3.05) is 13.7 Å². The van der Waals surface area contributed by atoms with Gasteiger partial charge in [0.15, 0.2) is 0 Å². The van der Waals surface area contributed by atoms with Gasteiger partial charge in [-0.1, -0.05) is 38.1 Å². The molecule has 4 heteroatoms. The van der Waals surface area contributed by atoms with Crippen LogP contribution in [-0.2, 0) is 16.1 Å². The molecule has 1 aromatic carbocycles. The highest BCUT2D eigenvalue weighted by molar-refractivity contribution is 5.73. The van der Waals surface area contributed by atoms with Crippen LogP contribution in [-0.4, -0.2) is 30.8 Å². The van der Waals surface area contributed by atoms with Gasteiger partial charge in [0.05, 0.1) is 6.61 Å². The Labute approximate surface area is 108 Å². The normalized spacial score (nSPS) is 12.7. The fourth-order valence-corrected chi connectivity index (χ4v) is 1.65. The Morgan fingerprint density at radius 3 is 2.39 bits per heavy atom. The van der Waals surface area contributed by atoms with Crippen LogP contribution in [0.2, 0.25) is 0 Å². The molecule has 4 nitrogen and oxygen atoms in total. The van der Waals surface area contributed by atoms with Crippen molar-refractivity contribution < 1.29 is 14.6 Å². The average molecular weight is 251 g/mol. The highest BCUT2D eigenvalue weighted by Crippen LogP contribution is 2.14. The van der Waals surface area contributed by atoms with Gasteiger partial charge < -0.3 is 9.84 Å². The van der Waals surface area contributed by atoms with E-state index in [-0.39, 0.29) is 6.61 Å². The van der Waals surface area contributed by atoms with E-state index in [9.17, 15) is 4.79 Å². The molecule has 2 N–H and O–H groups in total. The summed E-state index contributed by atoms with van der Waals surface area (Å²) in [5.41, 5.74) is 2.35. The third kappa shape index (κ3) is 4.47. The molecule has 0 heterocycles. The van der Waals surface area contributed by atoms with Crippen LogP contribution < -0.4 is 5.32 Å². The van der Waals surface area contributed by atoms with E-state index in [4.69, 9.17) is 9.84 Å². The number of benzene rings is 1. The fourth-order valence-electron chi connectivity index (χ4n) is 1.65. The van der Waals surface area contributed by atoms with Crippen LogP contribution in [0.4, 0.5) is 0 Å². The van der Waals surface area contributed by atoms with Crippen molar-refractivity contribution in [3.63, 3.8) is 0 Å². The molecule has 0 amide bonds. The van der Waals surface area contributed by atoms with Crippen LogP contribution in [0.15, 0.2) is 24.3 Å². The van der Waals surface area contributed by atoms with Crippen LogP contribution in [0.3, 0.4) is 0 Å². The van der Waals surface area contributed by atoms with E-state index in [0.29, 0.717) is 12.5 Å². The molecular weight excluding hydrogens is 230 g/mol. The summed E-state index contributed by atoms with van der Waals surface area (Å²) < 4.78 is 4.86. The summed E-state index contributed by atoms with van der Waals surface area (Å²) in [5.74, 6) is -0.386. The van der Waals surface area contributed by atoms with Gasteiger partial charge in [0.2, 0.25) is 0 Å². The Bertz CT molecular complexity index is 373. The molecular formula is C14H21NO3. The maximum absolute atomic E-state index is 10.9. The minimum Gasteiger partial charge on any atom is -0.480 e. The number of rotatable bonds is 7. The number of aliphatic carboxylic acids is 1. The van der Waals surface area contributed by atoms with Gasteiger partial charge in [0, 0.05) is 13.7 Å². The quantitative estimate of drug-likeness (QED) is 0.778. The zero-order chi connectivity index (χ0) is 13.5. The Kier molecular flexibility index (Phi) is 5.82. The molecule has 0 bridgehead atoms. The largest absolute Gasteiger partial charge is 0.480 e. The van der Waals surface area contributed by atoms with Gasteiger partial charge in [0.25, 0.3) is 0 Å². The van der Waals surface area contributed by atoms with Gasteiger partial charge in [-0.3, -0.25) is 10.1 Å². The van der Waals surface area contributed by atoms with E-state index in [1.54, 1.807) is 0 Å². The molecule has 1 unspecified atom stereocenters. The van der Waals surface area contributed by atoms with Crippen molar-refractivity contribution in [2.24, 2.45) is 0 Å². The summed E-state index contributed by atoms with van der Waals surface area (Å²) in [5, 5.41) is 11.9. The molecule has 0 aliphatic rings. The van der Waals surface area contributed by atoms with Crippen LogP contribution in [0.25, 0.3) is 0 Å². The second kappa shape index (κ2) is 7.13. The van der Waals surface area contributed by atoms with Crippen LogP contribution in [0.5, 0.6) is 0 Å². The minimum absolute atomic E-state index is 0.166. The van der Waals surface area contributed by atoms with Crippen LogP contribution >= 0.6 is 0 Å². The Hall–Kier alpha value is -1.39. The number of nitrogens with one attached hydrogen (secondary N) is 1. The summed E-state index contributed by atoms with van der Waals surface area (Å²) in [4.78, 5) is 10.9. The molecule has 100 valence electrons. The van der Waals surface area contributed by atoms with E-state index < -0.39 is 12.0 Å². The summed E-state index contributed by atoms with van der Waals surface area (Å²) in [6.07, 6.45) is 0. The lowest BCUT2D eigenvalue weighted by atomic mass is 10.0. The lowest BCUT2D eigenvalue weighted by molar-refractivity contribution is -0.140. The van der Waals surface area contributed by atoms with Gasteiger partial charge in [0.1, 0.15) is 6.04 Å². The van der Waals surface area contributed by atoms with Gasteiger partial charge in [-0.2, -0.15) is 0 Å². The maximum Gasteiger partial charge on any atom is 0.323 e. The standard InChI is InChI=1S/C14H21NO3/c1-10(2)12-6-4-11(5-7-12)8-15-13(9-18-3)14(16)17/h4-7,10,13,15H,8-9H2,1-3H3,(H,16,17). The third-order valence-corrected chi connectivity index (χ3v) is 2.83. The third-order valence-electron chi connectivity index (χ3n) is 2.83. The molecule has 0 aliphatic heterocycles. The molecule has 1 rings (SSSR count). The Morgan fingerprint density at radius 1 is 1.33 bits per heavy atom. The fraction of sp³-hybridized carbons (Fsp3) is 0.500. The smallest absolute Gasteiger partial charge is 0.323 e. The van der Waals surface area contributed by atoms with Crippen molar-refractivity contribution >= 4 is 5.97 Å². The minimum atomic E-state index is -0.893. The van der Waals surface area contributed by atoms with Crippen molar-refractivity contribution in [1.82, 2.24) is 5.32 Å². The van der Waals surface area contributed by atoms with E-state index in [1.807, 2.05) is 12.1 Å². The number of methoxy groups -OCH3 is 1. The topological polar surface area (TPSA) is 58.6 Å². The highest BCUT2D eigenvalue weighted by atomic mass is 16.5. The highest BCUT2D eigenvalue weighted by Gasteiger charge is 2.15. The predicted molar refractivity (Wildman–Crippen MR) is 70.7 cm³/mol. The van der Waals surface area contributed by atoms with E-state index in [0.717, 1.165) is 5.56 Å². The molecule has 1 atom stereocenters. The average Bonchev–Trinajstić information content (AvgIpc) is 2.34. The molecule has 0 spiro atoms.